The summed E-state index contributed by atoms with van der Waals surface area (Å²) in [5.74, 6) is 1.82. The van der Waals surface area contributed by atoms with Crippen LogP contribution >= 0.6 is 0 Å². The van der Waals surface area contributed by atoms with Crippen molar-refractivity contribution in [1.82, 2.24) is 9.80 Å². The number of nitrogens with zero attached hydrogens (tertiary/aromatic N) is 2. The van der Waals surface area contributed by atoms with Crippen molar-refractivity contribution in [1.29, 1.82) is 0 Å². The van der Waals surface area contributed by atoms with Gasteiger partial charge in [-0.25, -0.2) is 8.42 Å². The van der Waals surface area contributed by atoms with Gasteiger partial charge in [0.25, 0.3) is 0 Å². The van der Waals surface area contributed by atoms with E-state index in [4.69, 9.17) is 8.83 Å². The van der Waals surface area contributed by atoms with Crippen molar-refractivity contribution < 1.29 is 22.0 Å². The highest BCUT2D eigenvalue weighted by Gasteiger charge is 2.39. The number of furan rings is 2. The van der Waals surface area contributed by atoms with Crippen molar-refractivity contribution in [2.75, 3.05) is 18.1 Å². The Morgan fingerprint density at radius 2 is 1.59 bits per heavy atom. The lowest BCUT2D eigenvalue weighted by Crippen LogP contribution is -2.50. The lowest BCUT2D eigenvalue weighted by Gasteiger charge is -2.35. The lowest BCUT2D eigenvalue weighted by molar-refractivity contribution is -0.137. The molecule has 2 aromatic rings. The van der Waals surface area contributed by atoms with E-state index in [0.29, 0.717) is 19.5 Å². The second-order valence-electron chi connectivity index (χ2n) is 8.10. The van der Waals surface area contributed by atoms with Gasteiger partial charge in [0.15, 0.2) is 9.84 Å². The number of hydrogen-bond acceptors (Lipinski definition) is 6. The fourth-order valence-electron chi connectivity index (χ4n) is 4.57. The third-order valence-electron chi connectivity index (χ3n) is 5.89. The van der Waals surface area contributed by atoms with E-state index < -0.39 is 9.84 Å². The Kier molecular flexibility index (Phi) is 6.10. The lowest BCUT2D eigenvalue weighted by atomic mass is 10.1. The summed E-state index contributed by atoms with van der Waals surface area (Å²) in [4.78, 5) is 17.3. The summed E-state index contributed by atoms with van der Waals surface area (Å²) >= 11 is 0. The maximum atomic E-state index is 13.4. The largest absolute Gasteiger partial charge is 0.468 e. The zero-order valence-electron chi connectivity index (χ0n) is 16.5. The first-order valence-corrected chi connectivity index (χ1v) is 12.1. The molecule has 29 heavy (non-hydrogen) atoms. The van der Waals surface area contributed by atoms with Gasteiger partial charge in [0, 0.05) is 12.1 Å². The minimum atomic E-state index is -3.05. The monoisotopic (exact) mass is 420 g/mol. The van der Waals surface area contributed by atoms with Crippen molar-refractivity contribution in [3.8, 4) is 0 Å². The molecule has 1 aliphatic heterocycles. The zero-order valence-corrected chi connectivity index (χ0v) is 17.4. The van der Waals surface area contributed by atoms with Crippen LogP contribution in [0.5, 0.6) is 0 Å². The second kappa shape index (κ2) is 8.75. The second-order valence-corrected chi connectivity index (χ2v) is 10.3. The smallest absolute Gasteiger partial charge is 0.237 e. The zero-order chi connectivity index (χ0) is 20.3. The van der Waals surface area contributed by atoms with Gasteiger partial charge in [-0.3, -0.25) is 9.69 Å². The van der Waals surface area contributed by atoms with Crippen LogP contribution in [0.1, 0.15) is 43.6 Å². The van der Waals surface area contributed by atoms with Gasteiger partial charge in [-0.05, 0) is 43.5 Å². The number of carbonyl (C=O) groups is 1. The van der Waals surface area contributed by atoms with Crippen molar-refractivity contribution >= 4 is 15.7 Å². The van der Waals surface area contributed by atoms with Crippen LogP contribution in [0.2, 0.25) is 0 Å². The number of sulfone groups is 1. The molecule has 2 fully saturated rings. The van der Waals surface area contributed by atoms with Crippen molar-refractivity contribution in [2.45, 2.75) is 57.3 Å². The summed E-state index contributed by atoms with van der Waals surface area (Å²) in [6, 6.07) is 7.38. The van der Waals surface area contributed by atoms with E-state index in [2.05, 4.69) is 0 Å². The van der Waals surface area contributed by atoms with E-state index in [9.17, 15) is 13.2 Å². The summed E-state index contributed by atoms with van der Waals surface area (Å²) in [5, 5.41) is 0. The third-order valence-corrected chi connectivity index (χ3v) is 7.64. The summed E-state index contributed by atoms with van der Waals surface area (Å²) in [6.07, 6.45) is 7.89. The molecule has 0 unspecified atom stereocenters. The number of rotatable bonds is 8. The number of amides is 1. The molecule has 0 N–H and O–H groups in total. The topological polar surface area (TPSA) is 84.0 Å². The first-order valence-electron chi connectivity index (χ1n) is 10.3. The third kappa shape index (κ3) is 5.11. The van der Waals surface area contributed by atoms with Gasteiger partial charge in [0.2, 0.25) is 5.91 Å². The van der Waals surface area contributed by atoms with Crippen molar-refractivity contribution in [3.63, 3.8) is 0 Å². The standard InChI is InChI=1S/C21H28N2O5S/c24-21(23(17-5-1-2-6-17)18-9-12-29(25,26)16-18)15-22(13-19-7-3-10-27-19)14-20-8-4-11-28-20/h3-4,7-8,10-11,17-18H,1-2,5-6,9,12-16H2/t18-/m0/s1. The number of carbonyl (C=O) groups excluding carboxylic acids is 1. The molecule has 1 amide bonds. The molecule has 1 aliphatic carbocycles. The van der Waals surface area contributed by atoms with Gasteiger partial charge < -0.3 is 13.7 Å². The minimum absolute atomic E-state index is 0.00267. The molecule has 1 saturated heterocycles. The molecule has 2 aliphatic rings. The summed E-state index contributed by atoms with van der Waals surface area (Å²) in [6.45, 7) is 1.18. The van der Waals surface area contributed by atoms with Gasteiger partial charge in [-0.2, -0.15) is 0 Å². The van der Waals surface area contributed by atoms with E-state index in [-0.39, 0.29) is 36.0 Å². The molecule has 1 saturated carbocycles. The fraction of sp³-hybridized carbons (Fsp3) is 0.571. The normalized spacial score (nSPS) is 21.8. The van der Waals surface area contributed by atoms with Gasteiger partial charge in [-0.15, -0.1) is 0 Å². The molecule has 3 heterocycles. The van der Waals surface area contributed by atoms with Gasteiger partial charge >= 0.3 is 0 Å². The molecular formula is C21H28N2O5S. The van der Waals surface area contributed by atoms with Crippen LogP contribution in [0.3, 0.4) is 0 Å². The molecule has 158 valence electrons. The van der Waals surface area contributed by atoms with Crippen LogP contribution in [-0.2, 0) is 27.7 Å². The molecule has 0 aromatic carbocycles. The predicted molar refractivity (Wildman–Crippen MR) is 108 cm³/mol. The van der Waals surface area contributed by atoms with Crippen molar-refractivity contribution in [3.05, 3.63) is 48.3 Å². The Labute approximate surface area is 171 Å². The van der Waals surface area contributed by atoms with Crippen LogP contribution in [0.15, 0.2) is 45.6 Å². The molecular weight excluding hydrogens is 392 g/mol. The van der Waals surface area contributed by atoms with Crippen LogP contribution in [-0.4, -0.2) is 54.3 Å². The van der Waals surface area contributed by atoms with Gasteiger partial charge in [0.1, 0.15) is 11.5 Å². The van der Waals surface area contributed by atoms with Gasteiger partial charge in [0.05, 0.1) is 43.7 Å². The molecule has 4 rings (SSSR count). The van der Waals surface area contributed by atoms with Crippen LogP contribution in [0.4, 0.5) is 0 Å². The fourth-order valence-corrected chi connectivity index (χ4v) is 6.28. The number of hydrogen-bond donors (Lipinski definition) is 0. The highest BCUT2D eigenvalue weighted by molar-refractivity contribution is 7.91. The first-order chi connectivity index (χ1) is 14.0. The summed E-state index contributed by atoms with van der Waals surface area (Å²) in [7, 11) is -3.05. The summed E-state index contributed by atoms with van der Waals surface area (Å²) in [5.41, 5.74) is 0. The maximum Gasteiger partial charge on any atom is 0.237 e. The predicted octanol–water partition coefficient (Wildman–Crippen LogP) is 2.83. The Hall–Kier alpha value is -2.06. The van der Waals surface area contributed by atoms with E-state index in [1.54, 1.807) is 12.5 Å². The SMILES string of the molecule is O=C(CN(Cc1ccco1)Cc1ccco1)N(C1CCCC1)[C@H]1CCS(=O)(=O)C1. The Balaban J connectivity index is 1.51. The molecule has 0 spiro atoms. The molecule has 8 heteroatoms. The van der Waals surface area contributed by atoms with Gasteiger partial charge in [-0.1, -0.05) is 12.8 Å². The Morgan fingerprint density at radius 3 is 2.07 bits per heavy atom. The highest BCUT2D eigenvalue weighted by atomic mass is 32.2. The van der Waals surface area contributed by atoms with Crippen LogP contribution in [0.25, 0.3) is 0 Å². The quantitative estimate of drug-likeness (QED) is 0.653. The molecule has 1 atom stereocenters. The molecule has 0 bridgehead atoms. The average molecular weight is 421 g/mol. The van der Waals surface area contributed by atoms with E-state index >= 15 is 0 Å². The van der Waals surface area contributed by atoms with Crippen LogP contribution in [0, 0.1) is 0 Å². The maximum absolute atomic E-state index is 13.4. The van der Waals surface area contributed by atoms with Crippen LogP contribution < -0.4 is 0 Å². The van der Waals surface area contributed by atoms with E-state index in [1.165, 1.54) is 0 Å². The first kappa shape index (κ1) is 20.2. The Morgan fingerprint density at radius 1 is 0.966 bits per heavy atom. The average Bonchev–Trinajstić information content (AvgIpc) is 3.44. The molecule has 2 aromatic heterocycles. The Bertz CT molecular complexity index is 849. The van der Waals surface area contributed by atoms with E-state index in [1.807, 2.05) is 34.1 Å². The van der Waals surface area contributed by atoms with E-state index in [0.717, 1.165) is 37.2 Å². The summed E-state index contributed by atoms with van der Waals surface area (Å²) < 4.78 is 35.1. The molecule has 0 radical (unpaired) electrons. The van der Waals surface area contributed by atoms with Crippen molar-refractivity contribution in [2.24, 2.45) is 0 Å². The minimum Gasteiger partial charge on any atom is -0.468 e. The molecule has 7 nitrogen and oxygen atoms in total. The highest BCUT2D eigenvalue weighted by Crippen LogP contribution is 2.29.